The first-order valence-electron chi connectivity index (χ1n) is 3.52. The molecule has 1 aromatic heterocycles. The lowest BCUT2D eigenvalue weighted by Gasteiger charge is -2.05. The summed E-state index contributed by atoms with van der Waals surface area (Å²) in [7, 11) is 0. The zero-order valence-corrected chi connectivity index (χ0v) is 9.55. The molecule has 0 fully saturated rings. The predicted molar refractivity (Wildman–Crippen MR) is 56.1 cm³/mol. The lowest BCUT2D eigenvalue weighted by Crippen LogP contribution is -2.06. The van der Waals surface area contributed by atoms with E-state index in [1.54, 1.807) is 6.26 Å². The van der Waals surface area contributed by atoms with Gasteiger partial charge in [-0.2, -0.15) is 0 Å². The Labute approximate surface area is 92.9 Å². The first-order valence-corrected chi connectivity index (χ1v) is 5.54. The van der Waals surface area contributed by atoms with Gasteiger partial charge in [0.05, 0.1) is 0 Å². The number of carboxylic acids is 1. The number of hydrogen-bond donors (Lipinski definition) is 1. The van der Waals surface area contributed by atoms with E-state index < -0.39 is 5.97 Å². The Morgan fingerprint density at radius 2 is 2.36 bits per heavy atom. The molecule has 0 aliphatic rings. The molecule has 0 amide bonds. The highest BCUT2D eigenvalue weighted by molar-refractivity contribution is 9.10. The molecule has 1 N–H and O–H groups in total. The molecule has 4 nitrogen and oxygen atoms in total. The number of carbonyl (C=O) groups excluding carboxylic acids is 1. The molecule has 6 heteroatoms. The Bertz CT molecular complexity index is 394. The van der Waals surface area contributed by atoms with Crippen molar-refractivity contribution in [3.05, 3.63) is 21.8 Å². The Kier molecular flexibility index (Phi) is 3.65. The van der Waals surface area contributed by atoms with E-state index in [1.807, 2.05) is 0 Å². The van der Waals surface area contributed by atoms with Crippen LogP contribution in [0.5, 0.6) is 0 Å². The minimum Gasteiger partial charge on any atom is -0.478 e. The number of aromatic carboxylic acids is 1. The van der Waals surface area contributed by atoms with Crippen LogP contribution < -0.4 is 0 Å². The van der Waals surface area contributed by atoms with Crippen LogP contribution in [0.15, 0.2) is 15.7 Å². The Morgan fingerprint density at radius 1 is 1.71 bits per heavy atom. The standard InChI is InChI=1S/C8H6BrNO3S/c1-14-7-6(8(12)13)4(3-11)5(9)2-10-7/h2-3H,1H3,(H,12,13). The van der Waals surface area contributed by atoms with Gasteiger partial charge in [-0.3, -0.25) is 4.79 Å². The fraction of sp³-hybridized carbons (Fsp3) is 0.125. The summed E-state index contributed by atoms with van der Waals surface area (Å²) in [5.74, 6) is -1.15. The molecule has 1 heterocycles. The molecule has 74 valence electrons. The van der Waals surface area contributed by atoms with Gasteiger partial charge in [-0.15, -0.1) is 11.8 Å². The van der Waals surface area contributed by atoms with Crippen LogP contribution in [0.25, 0.3) is 0 Å². The number of aldehydes is 1. The minimum atomic E-state index is -1.15. The van der Waals surface area contributed by atoms with Crippen molar-refractivity contribution in [2.24, 2.45) is 0 Å². The third-order valence-electron chi connectivity index (χ3n) is 1.56. The highest BCUT2D eigenvalue weighted by Gasteiger charge is 2.18. The van der Waals surface area contributed by atoms with Gasteiger partial charge >= 0.3 is 5.97 Å². The van der Waals surface area contributed by atoms with Crippen molar-refractivity contribution in [1.29, 1.82) is 0 Å². The SMILES string of the molecule is CSc1ncc(Br)c(C=O)c1C(=O)O. The Balaban J connectivity index is 3.51. The van der Waals surface area contributed by atoms with E-state index in [9.17, 15) is 9.59 Å². The van der Waals surface area contributed by atoms with Gasteiger partial charge in [0.15, 0.2) is 6.29 Å². The lowest BCUT2D eigenvalue weighted by atomic mass is 10.1. The van der Waals surface area contributed by atoms with Crippen LogP contribution >= 0.6 is 27.7 Å². The summed E-state index contributed by atoms with van der Waals surface area (Å²) in [4.78, 5) is 25.5. The summed E-state index contributed by atoms with van der Waals surface area (Å²) in [5, 5.41) is 9.24. The van der Waals surface area contributed by atoms with Crippen LogP contribution in [0, 0.1) is 0 Å². The molecule has 14 heavy (non-hydrogen) atoms. The van der Waals surface area contributed by atoms with Gasteiger partial charge in [0.2, 0.25) is 0 Å². The fourth-order valence-corrected chi connectivity index (χ4v) is 1.91. The molecule has 0 saturated carbocycles. The molecule has 0 aromatic carbocycles. The number of carbonyl (C=O) groups is 2. The van der Waals surface area contributed by atoms with Crippen molar-refractivity contribution in [1.82, 2.24) is 4.98 Å². The number of hydrogen-bond acceptors (Lipinski definition) is 4. The van der Waals surface area contributed by atoms with E-state index in [1.165, 1.54) is 18.0 Å². The molecule has 1 aromatic rings. The number of aromatic nitrogens is 1. The molecule has 0 unspecified atom stereocenters. The van der Waals surface area contributed by atoms with Gasteiger partial charge < -0.3 is 5.11 Å². The summed E-state index contributed by atoms with van der Waals surface area (Å²) in [6.45, 7) is 0. The van der Waals surface area contributed by atoms with Gasteiger partial charge in [0.25, 0.3) is 0 Å². The van der Waals surface area contributed by atoms with Gasteiger partial charge in [-0.05, 0) is 22.2 Å². The van der Waals surface area contributed by atoms with Gasteiger partial charge in [-0.1, -0.05) is 0 Å². The maximum atomic E-state index is 10.9. The van der Waals surface area contributed by atoms with E-state index in [0.717, 1.165) is 0 Å². The van der Waals surface area contributed by atoms with Crippen LogP contribution in [0.3, 0.4) is 0 Å². The highest BCUT2D eigenvalue weighted by atomic mass is 79.9. The average molecular weight is 276 g/mol. The van der Waals surface area contributed by atoms with E-state index in [-0.39, 0.29) is 11.1 Å². The quantitative estimate of drug-likeness (QED) is 0.676. The van der Waals surface area contributed by atoms with E-state index in [2.05, 4.69) is 20.9 Å². The second-order valence-electron chi connectivity index (χ2n) is 2.33. The molecule has 0 radical (unpaired) electrons. The Morgan fingerprint density at radius 3 is 2.79 bits per heavy atom. The molecule has 0 spiro atoms. The first-order chi connectivity index (χ1) is 6.61. The topological polar surface area (TPSA) is 67.3 Å². The number of nitrogens with zero attached hydrogens (tertiary/aromatic N) is 1. The first kappa shape index (κ1) is 11.2. The molecular weight excluding hydrogens is 270 g/mol. The number of carboxylic acid groups (broad SMARTS) is 1. The Hall–Kier alpha value is -0.880. The normalized spacial score (nSPS) is 9.86. The van der Waals surface area contributed by atoms with Crippen LogP contribution in [-0.2, 0) is 0 Å². The van der Waals surface area contributed by atoms with E-state index >= 15 is 0 Å². The van der Waals surface area contributed by atoms with Gasteiger partial charge in [-0.25, -0.2) is 9.78 Å². The number of thioether (sulfide) groups is 1. The second kappa shape index (κ2) is 4.56. The van der Waals surface area contributed by atoms with Gasteiger partial charge in [0.1, 0.15) is 10.6 Å². The summed E-state index contributed by atoms with van der Waals surface area (Å²) in [5.41, 5.74) is 0.0683. The van der Waals surface area contributed by atoms with Crippen molar-refractivity contribution in [2.45, 2.75) is 5.03 Å². The molecule has 0 aliphatic heterocycles. The van der Waals surface area contributed by atoms with Crippen molar-refractivity contribution < 1.29 is 14.7 Å². The molecule has 0 atom stereocenters. The van der Waals surface area contributed by atoms with Gasteiger partial charge in [0, 0.05) is 16.2 Å². The van der Waals surface area contributed by atoms with Crippen LogP contribution in [-0.4, -0.2) is 28.6 Å². The monoisotopic (exact) mass is 275 g/mol. The van der Waals surface area contributed by atoms with Crippen molar-refractivity contribution >= 4 is 39.9 Å². The van der Waals surface area contributed by atoms with Crippen molar-refractivity contribution in [3.63, 3.8) is 0 Å². The maximum absolute atomic E-state index is 10.9. The number of pyridine rings is 1. The third-order valence-corrected chi connectivity index (χ3v) is 2.89. The zero-order chi connectivity index (χ0) is 10.7. The zero-order valence-electron chi connectivity index (χ0n) is 7.15. The van der Waals surface area contributed by atoms with Crippen LogP contribution in [0.4, 0.5) is 0 Å². The summed E-state index contributed by atoms with van der Waals surface area (Å²) < 4.78 is 0.391. The lowest BCUT2D eigenvalue weighted by molar-refractivity contribution is 0.0689. The van der Waals surface area contributed by atoms with Crippen LogP contribution in [0.2, 0.25) is 0 Å². The second-order valence-corrected chi connectivity index (χ2v) is 3.98. The number of rotatable bonds is 3. The molecule has 0 aliphatic carbocycles. The molecule has 0 bridgehead atoms. The third kappa shape index (κ3) is 1.96. The fourth-order valence-electron chi connectivity index (χ4n) is 0.961. The van der Waals surface area contributed by atoms with Crippen LogP contribution in [0.1, 0.15) is 20.7 Å². The average Bonchev–Trinajstić information content (AvgIpc) is 2.17. The predicted octanol–water partition coefficient (Wildman–Crippen LogP) is 2.08. The summed E-state index contributed by atoms with van der Waals surface area (Å²) >= 11 is 4.26. The largest absolute Gasteiger partial charge is 0.478 e. The summed E-state index contributed by atoms with van der Waals surface area (Å²) in [6.07, 6.45) is 3.63. The highest BCUT2D eigenvalue weighted by Crippen LogP contribution is 2.25. The van der Waals surface area contributed by atoms with Crippen molar-refractivity contribution in [2.75, 3.05) is 6.26 Å². The van der Waals surface area contributed by atoms with Crippen molar-refractivity contribution in [3.8, 4) is 0 Å². The number of halogens is 1. The van der Waals surface area contributed by atoms with E-state index in [0.29, 0.717) is 15.8 Å². The maximum Gasteiger partial charge on any atom is 0.339 e. The van der Waals surface area contributed by atoms with E-state index in [4.69, 9.17) is 5.11 Å². The summed E-state index contributed by atoms with van der Waals surface area (Å²) in [6, 6.07) is 0. The minimum absolute atomic E-state index is 0.0538. The smallest absolute Gasteiger partial charge is 0.339 e. The molecule has 0 saturated heterocycles. The molecular formula is C8H6BrNO3S. The molecule has 1 rings (SSSR count).